The summed E-state index contributed by atoms with van der Waals surface area (Å²) in [5.74, 6) is 0.178. The Bertz CT molecular complexity index is 812. The minimum Gasteiger partial charge on any atom is -0.507 e. The summed E-state index contributed by atoms with van der Waals surface area (Å²) in [6.45, 7) is 9.85. The average molecular weight is 407 g/mol. The van der Waals surface area contributed by atoms with Crippen molar-refractivity contribution in [1.82, 2.24) is 0 Å². The maximum Gasteiger partial charge on any atom is 0.154 e. The van der Waals surface area contributed by atoms with Gasteiger partial charge in [-0.05, 0) is 56.9 Å². The second-order valence-electron chi connectivity index (χ2n) is 8.62. The molecular weight excluding hydrogens is 376 g/mol. The molecule has 2 N–H and O–H groups in total. The predicted molar refractivity (Wildman–Crippen MR) is 112 cm³/mol. The molecule has 4 nitrogen and oxygen atoms in total. The fourth-order valence-corrected chi connectivity index (χ4v) is 4.31. The molecule has 1 aliphatic rings. The number of carbonyl (C=O) groups excluding carboxylic acids is 2. The number of Topliss-reactive ketones (excluding diaryl/α,β-unsaturated/α-hetero) is 1. The van der Waals surface area contributed by atoms with E-state index in [1.165, 1.54) is 0 Å². The SMILES string of the molecule is C/C(=C\Cc1c(O)c(Cl)c(C)c(C=O)c1O)CC[C@@]1(C)CCC(C)C(=O)C1C. The lowest BCUT2D eigenvalue weighted by Gasteiger charge is -2.41. The zero-order valence-electron chi connectivity index (χ0n) is 17.4. The first-order chi connectivity index (χ1) is 13.0. The highest BCUT2D eigenvalue weighted by molar-refractivity contribution is 6.33. The van der Waals surface area contributed by atoms with Crippen LogP contribution in [0.25, 0.3) is 0 Å². The van der Waals surface area contributed by atoms with Crippen molar-refractivity contribution in [1.29, 1.82) is 0 Å². The summed E-state index contributed by atoms with van der Waals surface area (Å²) in [4.78, 5) is 23.6. The summed E-state index contributed by atoms with van der Waals surface area (Å²) in [6, 6.07) is 0. The summed E-state index contributed by atoms with van der Waals surface area (Å²) in [7, 11) is 0. The fourth-order valence-electron chi connectivity index (χ4n) is 4.10. The van der Waals surface area contributed by atoms with Crippen LogP contribution in [0.2, 0.25) is 5.02 Å². The van der Waals surface area contributed by atoms with Gasteiger partial charge in [0, 0.05) is 17.4 Å². The standard InChI is InChI=1S/C23H31ClO4/c1-13(8-10-23(5)11-9-14(2)20(26)16(23)4)6-7-17-21(27)18(12-25)15(3)19(24)22(17)28/h6,12,14,16,27-28H,7-11H2,1-5H3/b13-6+/t14?,16?,23-/m0/s1. The molecule has 0 spiro atoms. The Morgan fingerprint density at radius 2 is 1.93 bits per heavy atom. The highest BCUT2D eigenvalue weighted by Gasteiger charge is 2.41. The molecule has 2 unspecified atom stereocenters. The van der Waals surface area contributed by atoms with Gasteiger partial charge in [-0.25, -0.2) is 0 Å². The van der Waals surface area contributed by atoms with Crippen molar-refractivity contribution in [3.05, 3.63) is 33.4 Å². The second-order valence-corrected chi connectivity index (χ2v) is 9.00. The summed E-state index contributed by atoms with van der Waals surface area (Å²) in [5.41, 5.74) is 1.86. The number of ketones is 1. The van der Waals surface area contributed by atoms with Crippen molar-refractivity contribution >= 4 is 23.7 Å². The molecule has 0 bridgehead atoms. The number of allylic oxidation sites excluding steroid dienone is 2. The van der Waals surface area contributed by atoms with Crippen LogP contribution in [0.5, 0.6) is 11.5 Å². The predicted octanol–water partition coefficient (Wildman–Crippen LogP) is 5.78. The van der Waals surface area contributed by atoms with Crippen LogP contribution in [-0.2, 0) is 11.2 Å². The van der Waals surface area contributed by atoms with Crippen LogP contribution < -0.4 is 0 Å². The molecule has 1 aromatic carbocycles. The molecule has 1 saturated carbocycles. The number of aromatic hydroxyl groups is 2. The van der Waals surface area contributed by atoms with Gasteiger partial charge in [-0.3, -0.25) is 9.59 Å². The molecule has 0 heterocycles. The van der Waals surface area contributed by atoms with Crippen LogP contribution in [0.4, 0.5) is 0 Å². The Kier molecular flexibility index (Phi) is 6.97. The van der Waals surface area contributed by atoms with Crippen molar-refractivity contribution in [2.45, 2.75) is 66.7 Å². The van der Waals surface area contributed by atoms with E-state index < -0.39 is 0 Å². The molecular formula is C23H31ClO4. The molecule has 0 saturated heterocycles. The van der Waals surface area contributed by atoms with Gasteiger partial charge in [0.15, 0.2) is 6.29 Å². The van der Waals surface area contributed by atoms with Crippen LogP contribution in [0, 0.1) is 24.2 Å². The van der Waals surface area contributed by atoms with Gasteiger partial charge in [0.2, 0.25) is 0 Å². The lowest BCUT2D eigenvalue weighted by molar-refractivity contribution is -0.133. The van der Waals surface area contributed by atoms with Crippen molar-refractivity contribution < 1.29 is 19.8 Å². The van der Waals surface area contributed by atoms with Gasteiger partial charge in [-0.2, -0.15) is 0 Å². The van der Waals surface area contributed by atoms with E-state index in [1.807, 2.05) is 26.8 Å². The number of aldehydes is 1. The largest absolute Gasteiger partial charge is 0.507 e. The van der Waals surface area contributed by atoms with E-state index in [0.29, 0.717) is 17.6 Å². The second kappa shape index (κ2) is 8.69. The van der Waals surface area contributed by atoms with Crippen molar-refractivity contribution in [2.24, 2.45) is 17.3 Å². The minimum atomic E-state index is -0.217. The highest BCUT2D eigenvalue weighted by Crippen LogP contribution is 2.45. The Morgan fingerprint density at radius 3 is 2.54 bits per heavy atom. The molecule has 1 aromatic rings. The zero-order valence-corrected chi connectivity index (χ0v) is 18.2. The molecule has 0 aliphatic heterocycles. The van der Waals surface area contributed by atoms with Crippen LogP contribution >= 0.6 is 11.6 Å². The van der Waals surface area contributed by atoms with Gasteiger partial charge in [-0.1, -0.05) is 44.0 Å². The summed E-state index contributed by atoms with van der Waals surface area (Å²) >= 11 is 6.10. The summed E-state index contributed by atoms with van der Waals surface area (Å²) < 4.78 is 0. The van der Waals surface area contributed by atoms with Crippen molar-refractivity contribution in [3.63, 3.8) is 0 Å². The highest BCUT2D eigenvalue weighted by atomic mass is 35.5. The van der Waals surface area contributed by atoms with E-state index in [2.05, 4.69) is 6.92 Å². The molecule has 1 aliphatic carbocycles. The van der Waals surface area contributed by atoms with E-state index in [0.717, 1.165) is 31.3 Å². The first-order valence-corrected chi connectivity index (χ1v) is 10.3. The first-order valence-electron chi connectivity index (χ1n) is 9.90. The molecule has 0 aromatic heterocycles. The van der Waals surface area contributed by atoms with Crippen molar-refractivity contribution in [2.75, 3.05) is 0 Å². The minimum absolute atomic E-state index is 0.000819. The monoisotopic (exact) mass is 406 g/mol. The quantitative estimate of drug-likeness (QED) is 0.463. The van der Waals surface area contributed by atoms with Crippen LogP contribution in [0.1, 0.15) is 74.9 Å². The lowest BCUT2D eigenvalue weighted by Crippen LogP contribution is -2.39. The van der Waals surface area contributed by atoms with Crippen LogP contribution in [-0.4, -0.2) is 22.3 Å². The molecule has 1 fully saturated rings. The number of hydrogen-bond acceptors (Lipinski definition) is 4. The van der Waals surface area contributed by atoms with E-state index in [1.54, 1.807) is 6.92 Å². The molecule has 5 heteroatoms. The lowest BCUT2D eigenvalue weighted by atomic mass is 9.62. The average Bonchev–Trinajstić information content (AvgIpc) is 2.67. The topological polar surface area (TPSA) is 74.6 Å². The third-order valence-corrected chi connectivity index (χ3v) is 7.20. The Hall–Kier alpha value is -1.81. The number of rotatable bonds is 6. The van der Waals surface area contributed by atoms with Gasteiger partial charge in [0.1, 0.15) is 17.3 Å². The summed E-state index contributed by atoms with van der Waals surface area (Å²) in [5, 5.41) is 20.7. The zero-order chi connectivity index (χ0) is 21.2. The Labute approximate surface area is 172 Å². The molecule has 0 amide bonds. The third-order valence-electron chi connectivity index (χ3n) is 6.74. The normalized spacial score (nSPS) is 25.8. The number of benzene rings is 1. The van der Waals surface area contributed by atoms with E-state index in [9.17, 15) is 19.8 Å². The number of phenolic OH excluding ortho intramolecular Hbond substituents is 2. The van der Waals surface area contributed by atoms with Gasteiger partial charge in [-0.15, -0.1) is 0 Å². The van der Waals surface area contributed by atoms with Gasteiger partial charge in [0.05, 0.1) is 10.6 Å². The van der Waals surface area contributed by atoms with Crippen LogP contribution in [0.3, 0.4) is 0 Å². The van der Waals surface area contributed by atoms with E-state index in [4.69, 9.17) is 11.6 Å². The van der Waals surface area contributed by atoms with Gasteiger partial charge >= 0.3 is 0 Å². The van der Waals surface area contributed by atoms with Gasteiger partial charge < -0.3 is 10.2 Å². The molecule has 3 atom stereocenters. The van der Waals surface area contributed by atoms with E-state index >= 15 is 0 Å². The molecule has 28 heavy (non-hydrogen) atoms. The first kappa shape index (κ1) is 22.5. The fraction of sp³-hybridized carbons (Fsp3) is 0.565. The molecule has 154 valence electrons. The van der Waals surface area contributed by atoms with Crippen LogP contribution in [0.15, 0.2) is 11.6 Å². The number of hydrogen-bond donors (Lipinski definition) is 2. The van der Waals surface area contributed by atoms with E-state index in [-0.39, 0.29) is 51.3 Å². The molecule has 2 rings (SSSR count). The maximum atomic E-state index is 12.4. The number of carbonyl (C=O) groups is 2. The maximum absolute atomic E-state index is 12.4. The van der Waals surface area contributed by atoms with Crippen molar-refractivity contribution in [3.8, 4) is 11.5 Å². The molecule has 0 radical (unpaired) electrons. The number of halogens is 1. The Morgan fingerprint density at radius 1 is 1.29 bits per heavy atom. The summed E-state index contributed by atoms with van der Waals surface area (Å²) in [6.07, 6.45) is 6.53. The smallest absolute Gasteiger partial charge is 0.154 e. The third kappa shape index (κ3) is 4.27. The van der Waals surface area contributed by atoms with Gasteiger partial charge in [0.25, 0.3) is 0 Å². The number of phenols is 2. The Balaban J connectivity index is 2.13.